The summed E-state index contributed by atoms with van der Waals surface area (Å²) in [7, 11) is 0. The third kappa shape index (κ3) is 21.9. The zero-order valence-electron chi connectivity index (χ0n) is 42.4. The summed E-state index contributed by atoms with van der Waals surface area (Å²) in [6.07, 6.45) is -17.3. The Bertz CT molecular complexity index is 1610. The normalized spacial score (nSPS) is 27.0. The Morgan fingerprint density at radius 1 is 0.400 bits per heavy atom. The van der Waals surface area contributed by atoms with Gasteiger partial charge < -0.3 is 52.8 Å². The molecular weight excluding hydrogens is 849 g/mol. The number of hydrogen-bond acceptors (Lipinski definition) is 17. The molecule has 0 aromatic rings. The molecule has 376 valence electrons. The third-order valence-electron chi connectivity index (χ3n) is 9.45. The largest absolute Gasteiger partial charge is 0.463 e. The van der Waals surface area contributed by atoms with Gasteiger partial charge in [0.25, 0.3) is 0 Å². The molecule has 2 N–H and O–H groups in total. The quantitative estimate of drug-likeness (QED) is 0.124. The zero-order valence-corrected chi connectivity index (χ0v) is 42.4. The molecule has 2 heterocycles. The lowest BCUT2D eigenvalue weighted by Gasteiger charge is -2.48. The van der Waals surface area contributed by atoms with E-state index in [1.165, 1.54) is 0 Å². The van der Waals surface area contributed by atoms with E-state index in [0.29, 0.717) is 0 Å². The van der Waals surface area contributed by atoms with Crippen LogP contribution < -0.4 is 0 Å². The maximum atomic E-state index is 13.7. The highest BCUT2D eigenvalue weighted by atomic mass is 16.8. The van der Waals surface area contributed by atoms with Crippen molar-refractivity contribution in [2.24, 2.45) is 32.5 Å². The number of carbonyl (C=O) groups excluding carboxylic acids is 6. The van der Waals surface area contributed by atoms with Gasteiger partial charge in [0.1, 0.15) is 24.9 Å². The molecule has 2 rings (SSSR count). The van der Waals surface area contributed by atoms with E-state index in [1.807, 2.05) is 62.3 Å². The topological polar surface area (TPSA) is 226 Å². The molecule has 2 fully saturated rings. The second kappa shape index (κ2) is 22.6. The van der Waals surface area contributed by atoms with Crippen molar-refractivity contribution in [1.82, 2.24) is 0 Å². The van der Waals surface area contributed by atoms with E-state index in [9.17, 15) is 39.0 Å². The molecule has 0 spiro atoms. The third-order valence-corrected chi connectivity index (χ3v) is 9.45. The van der Waals surface area contributed by atoms with Crippen LogP contribution in [0.2, 0.25) is 0 Å². The first-order valence-corrected chi connectivity index (χ1v) is 22.6. The molecule has 17 heteroatoms. The fraction of sp³-hybridized carbons (Fsp3) is 0.875. The van der Waals surface area contributed by atoms with Crippen LogP contribution in [-0.2, 0) is 71.4 Å². The summed E-state index contributed by atoms with van der Waals surface area (Å²) in [5.74, 6) is -4.37. The fourth-order valence-electron chi connectivity index (χ4n) is 6.88. The monoisotopic (exact) mass is 931 g/mol. The molecule has 2 aliphatic rings. The Hall–Kier alpha value is -3.38. The first kappa shape index (κ1) is 57.7. The zero-order chi connectivity index (χ0) is 50.3. The van der Waals surface area contributed by atoms with Crippen LogP contribution in [0.1, 0.15) is 163 Å². The van der Waals surface area contributed by atoms with Crippen LogP contribution in [0, 0.1) is 32.5 Å². The molecule has 0 unspecified atom stereocenters. The van der Waals surface area contributed by atoms with Gasteiger partial charge in [0, 0.05) is 0 Å². The Labute approximate surface area is 386 Å². The minimum atomic E-state index is -1.96. The second-order valence-electron chi connectivity index (χ2n) is 24.8. The highest BCUT2D eigenvalue weighted by molar-refractivity contribution is 5.73. The highest BCUT2D eigenvalue weighted by Crippen LogP contribution is 2.37. The molecule has 0 saturated carbocycles. The predicted molar refractivity (Wildman–Crippen MR) is 236 cm³/mol. The van der Waals surface area contributed by atoms with Gasteiger partial charge in [-0.05, 0) is 32.5 Å². The van der Waals surface area contributed by atoms with Crippen molar-refractivity contribution < 1.29 is 81.6 Å². The van der Waals surface area contributed by atoms with Crippen molar-refractivity contribution in [3.63, 3.8) is 0 Å². The molecule has 0 amide bonds. The SMILES string of the molecule is CC(C)(C)CC(=O)OC[C@H]1O[C@H](O[C@H]2O[C@H](CO)[C@@H](OC(=O)CC(C)(C)C)[C@H](OC(=O)CC(C)(C)C)[C@H]2OC(=O)CC(C)(C)C)[C@H](O)[C@@H](OC(=O)CC(C)(C)C)[C@@H]1OC(=O)CC(C)(C)C. The molecule has 0 bridgehead atoms. The summed E-state index contributed by atoms with van der Waals surface area (Å²) in [6, 6.07) is 0. The average molecular weight is 931 g/mol. The summed E-state index contributed by atoms with van der Waals surface area (Å²) in [5.41, 5.74) is -3.31. The van der Waals surface area contributed by atoms with Gasteiger partial charge in [-0.3, -0.25) is 28.8 Å². The smallest absolute Gasteiger partial charge is 0.306 e. The Morgan fingerprint density at radius 2 is 0.692 bits per heavy atom. The first-order valence-electron chi connectivity index (χ1n) is 22.6. The molecule has 65 heavy (non-hydrogen) atoms. The number of hydrogen-bond donors (Lipinski definition) is 2. The lowest BCUT2D eigenvalue weighted by molar-refractivity contribution is -0.377. The van der Waals surface area contributed by atoms with Gasteiger partial charge >= 0.3 is 35.8 Å². The van der Waals surface area contributed by atoms with E-state index in [2.05, 4.69) is 0 Å². The molecule has 17 nitrogen and oxygen atoms in total. The summed E-state index contributed by atoms with van der Waals surface area (Å²) in [4.78, 5) is 80.9. The lowest BCUT2D eigenvalue weighted by atomic mass is 9.91. The maximum absolute atomic E-state index is 13.7. The number of esters is 6. The van der Waals surface area contributed by atoms with E-state index in [0.717, 1.165) is 0 Å². The fourth-order valence-corrected chi connectivity index (χ4v) is 6.88. The van der Waals surface area contributed by atoms with Gasteiger partial charge in [-0.2, -0.15) is 0 Å². The van der Waals surface area contributed by atoms with Gasteiger partial charge in [-0.15, -0.1) is 0 Å². The van der Waals surface area contributed by atoms with Crippen molar-refractivity contribution >= 4 is 35.8 Å². The highest BCUT2D eigenvalue weighted by Gasteiger charge is 2.57. The van der Waals surface area contributed by atoms with Crippen LogP contribution in [0.5, 0.6) is 0 Å². The molecule has 2 saturated heterocycles. The van der Waals surface area contributed by atoms with Gasteiger partial charge in [-0.1, -0.05) is 125 Å². The number of carbonyl (C=O) groups is 6. The van der Waals surface area contributed by atoms with Crippen LogP contribution in [-0.4, -0.2) is 121 Å². The van der Waals surface area contributed by atoms with E-state index in [1.54, 1.807) is 62.3 Å². The number of aliphatic hydroxyl groups is 2. The summed E-state index contributed by atoms with van der Waals surface area (Å²) in [6.45, 7) is 31.2. The van der Waals surface area contributed by atoms with E-state index in [4.69, 9.17) is 42.6 Å². The number of rotatable bonds is 16. The van der Waals surface area contributed by atoms with E-state index in [-0.39, 0.29) is 38.5 Å². The molecule has 0 radical (unpaired) electrons. The summed E-state index contributed by atoms with van der Waals surface area (Å²) >= 11 is 0. The number of ether oxygens (including phenoxy) is 9. The molecule has 2 aliphatic heterocycles. The summed E-state index contributed by atoms with van der Waals surface area (Å²) < 4.78 is 54.3. The standard InChI is InChI=1S/C48H82O17/c1-43(2,3)19-29(50)57-26-28-37(61-31(52)21-45(7,8)9)38(62-32(53)22-46(10,11)12)35(56)41(59-28)65-42-40(64-34(55)24-48(16,17)18)39(63-33(54)23-47(13,14)15)36(27(25-49)58-42)60-30(51)20-44(4,5)6/h27-28,35-42,49,56H,19-26H2,1-18H3/t27-,28-,35-,36-,37-,38-,39+,40-,41-,42-/m1/s1. The van der Waals surface area contributed by atoms with Crippen molar-refractivity contribution in [2.45, 2.75) is 225 Å². The van der Waals surface area contributed by atoms with Gasteiger partial charge in [0.2, 0.25) is 6.29 Å². The Balaban J connectivity index is 2.83. The summed E-state index contributed by atoms with van der Waals surface area (Å²) in [5, 5.41) is 22.9. The van der Waals surface area contributed by atoms with Crippen molar-refractivity contribution in [3.8, 4) is 0 Å². The Morgan fingerprint density at radius 3 is 1.05 bits per heavy atom. The first-order chi connectivity index (χ1) is 29.2. The van der Waals surface area contributed by atoms with Crippen molar-refractivity contribution in [1.29, 1.82) is 0 Å². The minimum Gasteiger partial charge on any atom is -0.463 e. The van der Waals surface area contributed by atoms with Crippen LogP contribution in [0.15, 0.2) is 0 Å². The minimum absolute atomic E-state index is 0.00234. The lowest BCUT2D eigenvalue weighted by Crippen LogP contribution is -2.66. The van der Waals surface area contributed by atoms with E-state index < -0.39 is 143 Å². The Kier molecular flexibility index (Phi) is 20.1. The predicted octanol–water partition coefficient (Wildman–Crippen LogP) is 6.53. The van der Waals surface area contributed by atoms with Crippen LogP contribution in [0.4, 0.5) is 0 Å². The van der Waals surface area contributed by atoms with Gasteiger partial charge in [0.15, 0.2) is 36.8 Å². The van der Waals surface area contributed by atoms with E-state index >= 15 is 0 Å². The van der Waals surface area contributed by atoms with Crippen LogP contribution in [0.3, 0.4) is 0 Å². The molecular formula is C48H82O17. The van der Waals surface area contributed by atoms with Crippen LogP contribution in [0.25, 0.3) is 0 Å². The molecule has 0 aromatic carbocycles. The molecule has 10 atom stereocenters. The van der Waals surface area contributed by atoms with Gasteiger partial charge in [-0.25, -0.2) is 0 Å². The van der Waals surface area contributed by atoms with Gasteiger partial charge in [0.05, 0.1) is 45.1 Å². The van der Waals surface area contributed by atoms with Crippen molar-refractivity contribution in [3.05, 3.63) is 0 Å². The maximum Gasteiger partial charge on any atom is 0.306 e. The number of aliphatic hydroxyl groups excluding tert-OH is 2. The second-order valence-corrected chi connectivity index (χ2v) is 24.8. The molecule has 0 aliphatic carbocycles. The average Bonchev–Trinajstić information content (AvgIpc) is 3.04. The van der Waals surface area contributed by atoms with Crippen LogP contribution >= 0.6 is 0 Å². The molecule has 0 aromatic heterocycles. The van der Waals surface area contributed by atoms with Crippen molar-refractivity contribution in [2.75, 3.05) is 13.2 Å².